The summed E-state index contributed by atoms with van der Waals surface area (Å²) in [6, 6.07) is -1.29. The van der Waals surface area contributed by atoms with Crippen LogP contribution in [0.4, 0.5) is 0 Å². The quantitative estimate of drug-likeness (QED) is 0.418. The first kappa shape index (κ1) is 30.3. The molecule has 1 unspecified atom stereocenters. The normalized spacial score (nSPS) is 16.4. The predicted octanol–water partition coefficient (Wildman–Crippen LogP) is 2.13. The molecule has 0 aromatic heterocycles. The van der Waals surface area contributed by atoms with E-state index in [0.717, 1.165) is 6.42 Å². The lowest BCUT2D eigenvalue weighted by Crippen LogP contribution is -2.59. The van der Waals surface area contributed by atoms with Crippen LogP contribution in [0.2, 0.25) is 0 Å². The maximum atomic E-state index is 13.6. The second kappa shape index (κ2) is 14.5. The molecule has 0 radical (unpaired) electrons. The second-order valence-electron chi connectivity index (χ2n) is 9.64. The highest BCUT2D eigenvalue weighted by Crippen LogP contribution is 2.23. The van der Waals surface area contributed by atoms with Gasteiger partial charge in [-0.15, -0.1) is 0 Å². The van der Waals surface area contributed by atoms with Crippen molar-refractivity contribution in [1.29, 1.82) is 0 Å². The van der Waals surface area contributed by atoms with Crippen LogP contribution in [0.3, 0.4) is 0 Å². The van der Waals surface area contributed by atoms with E-state index in [-0.39, 0.29) is 54.0 Å². The molecule has 0 fully saturated rings. The summed E-state index contributed by atoms with van der Waals surface area (Å²) in [4.78, 5) is 42.5. The maximum absolute atomic E-state index is 13.6. The largest absolute Gasteiger partial charge is 0.379 e. The van der Waals surface area contributed by atoms with Crippen molar-refractivity contribution < 1.29 is 19.1 Å². The zero-order valence-corrected chi connectivity index (χ0v) is 22.2. The van der Waals surface area contributed by atoms with E-state index in [1.807, 2.05) is 53.6 Å². The standard InChI is InChI=1S/C24H48N4O4/c1-12-17(7)22(18(32-11)14-19(29)25-13-2)28(10)24(31)20(15(3)4)26-23(30)21(16(5)6)27(8)9/h15-18,20-22H,12-14H2,1-11H3,(H,25,29)(H,26,30)/t17-,18+,20-,21-,22?/m0/s1. The number of methoxy groups -OCH3 is 1. The molecule has 0 heterocycles. The lowest BCUT2D eigenvalue weighted by atomic mass is 9.89. The van der Waals surface area contributed by atoms with Crippen LogP contribution >= 0.6 is 0 Å². The van der Waals surface area contributed by atoms with Crippen LogP contribution < -0.4 is 10.6 Å². The number of likely N-dealkylation sites (N-methyl/N-ethyl adjacent to an activating group) is 2. The average molecular weight is 457 g/mol. The van der Waals surface area contributed by atoms with Crippen molar-refractivity contribution in [2.45, 2.75) is 85.5 Å². The van der Waals surface area contributed by atoms with Crippen molar-refractivity contribution >= 4 is 17.7 Å². The number of hydrogen-bond acceptors (Lipinski definition) is 5. The van der Waals surface area contributed by atoms with Crippen LogP contribution in [0, 0.1) is 17.8 Å². The van der Waals surface area contributed by atoms with E-state index in [4.69, 9.17) is 4.74 Å². The molecule has 0 aromatic rings. The smallest absolute Gasteiger partial charge is 0.245 e. The van der Waals surface area contributed by atoms with Gasteiger partial charge in [-0.1, -0.05) is 48.0 Å². The third-order valence-corrected chi connectivity index (χ3v) is 6.15. The Morgan fingerprint density at radius 3 is 1.88 bits per heavy atom. The Hall–Kier alpha value is -1.67. The van der Waals surface area contributed by atoms with Crippen LogP contribution in [0.25, 0.3) is 0 Å². The van der Waals surface area contributed by atoms with E-state index in [9.17, 15) is 14.4 Å². The fraction of sp³-hybridized carbons (Fsp3) is 0.875. The van der Waals surface area contributed by atoms with Gasteiger partial charge >= 0.3 is 0 Å². The molecular formula is C24H48N4O4. The maximum Gasteiger partial charge on any atom is 0.245 e. The molecule has 0 bridgehead atoms. The van der Waals surface area contributed by atoms with Crippen LogP contribution in [-0.4, -0.2) is 86.5 Å². The van der Waals surface area contributed by atoms with E-state index in [1.54, 1.807) is 19.1 Å². The summed E-state index contributed by atoms with van der Waals surface area (Å²) < 4.78 is 5.70. The van der Waals surface area contributed by atoms with Gasteiger partial charge in [-0.05, 0) is 38.8 Å². The number of rotatable bonds is 14. The average Bonchev–Trinajstić information content (AvgIpc) is 2.69. The van der Waals surface area contributed by atoms with Gasteiger partial charge in [0.1, 0.15) is 6.04 Å². The Labute approximate surface area is 195 Å². The number of carbonyl (C=O) groups excluding carboxylic acids is 3. The summed E-state index contributed by atoms with van der Waals surface area (Å²) >= 11 is 0. The van der Waals surface area contributed by atoms with Gasteiger partial charge in [0.15, 0.2) is 0 Å². The third kappa shape index (κ3) is 8.70. The van der Waals surface area contributed by atoms with Crippen molar-refractivity contribution in [3.8, 4) is 0 Å². The molecule has 8 heteroatoms. The number of carbonyl (C=O) groups is 3. The zero-order chi connectivity index (χ0) is 25.2. The Bertz CT molecular complexity index is 587. The summed E-state index contributed by atoms with van der Waals surface area (Å²) in [5.74, 6) is -0.307. The molecule has 0 aliphatic heterocycles. The highest BCUT2D eigenvalue weighted by atomic mass is 16.5. The molecule has 0 spiro atoms. The van der Waals surface area contributed by atoms with Gasteiger partial charge in [-0.2, -0.15) is 0 Å². The Balaban J connectivity index is 5.84. The molecular weight excluding hydrogens is 408 g/mol. The van der Waals surface area contributed by atoms with Crippen molar-refractivity contribution in [3.63, 3.8) is 0 Å². The van der Waals surface area contributed by atoms with Gasteiger partial charge in [0.05, 0.1) is 24.6 Å². The molecule has 32 heavy (non-hydrogen) atoms. The molecule has 0 saturated carbocycles. The van der Waals surface area contributed by atoms with Crippen LogP contribution in [0.15, 0.2) is 0 Å². The van der Waals surface area contributed by atoms with Crippen molar-refractivity contribution in [3.05, 3.63) is 0 Å². The Kier molecular flexibility index (Phi) is 13.7. The lowest BCUT2D eigenvalue weighted by Gasteiger charge is -2.40. The summed E-state index contributed by atoms with van der Waals surface area (Å²) in [7, 11) is 7.05. The molecule has 0 rings (SSSR count). The summed E-state index contributed by atoms with van der Waals surface area (Å²) in [6.07, 6.45) is 0.553. The van der Waals surface area contributed by atoms with Gasteiger partial charge in [-0.3, -0.25) is 19.3 Å². The van der Waals surface area contributed by atoms with Crippen molar-refractivity contribution in [2.24, 2.45) is 17.8 Å². The minimum atomic E-state index is -0.665. The topological polar surface area (TPSA) is 91.0 Å². The molecule has 0 aromatic carbocycles. The van der Waals surface area contributed by atoms with Crippen molar-refractivity contribution in [1.82, 2.24) is 20.4 Å². The van der Waals surface area contributed by atoms with E-state index >= 15 is 0 Å². The molecule has 3 amide bonds. The number of amides is 3. The number of nitrogens with one attached hydrogen (secondary N) is 2. The lowest BCUT2D eigenvalue weighted by molar-refractivity contribution is -0.144. The first-order valence-corrected chi connectivity index (χ1v) is 11.9. The van der Waals surface area contributed by atoms with Gasteiger partial charge in [0.25, 0.3) is 0 Å². The minimum absolute atomic E-state index is 0.0918. The monoisotopic (exact) mass is 456 g/mol. The van der Waals surface area contributed by atoms with E-state index in [1.165, 1.54) is 0 Å². The van der Waals surface area contributed by atoms with Crippen LogP contribution in [0.1, 0.15) is 61.3 Å². The van der Waals surface area contributed by atoms with Crippen LogP contribution in [0.5, 0.6) is 0 Å². The molecule has 8 nitrogen and oxygen atoms in total. The molecule has 5 atom stereocenters. The minimum Gasteiger partial charge on any atom is -0.379 e. The zero-order valence-electron chi connectivity index (χ0n) is 22.2. The van der Waals surface area contributed by atoms with Crippen molar-refractivity contribution in [2.75, 3.05) is 34.8 Å². The molecule has 188 valence electrons. The molecule has 0 aliphatic rings. The highest BCUT2D eigenvalue weighted by Gasteiger charge is 2.38. The van der Waals surface area contributed by atoms with Crippen LogP contribution in [-0.2, 0) is 19.1 Å². The van der Waals surface area contributed by atoms with E-state index in [0.29, 0.717) is 6.54 Å². The van der Waals surface area contributed by atoms with E-state index in [2.05, 4.69) is 24.5 Å². The summed E-state index contributed by atoms with van der Waals surface area (Å²) in [6.45, 7) is 14.4. The van der Waals surface area contributed by atoms with Gasteiger partial charge < -0.3 is 20.3 Å². The Morgan fingerprint density at radius 2 is 1.50 bits per heavy atom. The van der Waals surface area contributed by atoms with Gasteiger partial charge in [0, 0.05) is 20.7 Å². The first-order valence-electron chi connectivity index (χ1n) is 11.9. The Morgan fingerprint density at radius 1 is 0.938 bits per heavy atom. The molecule has 0 aliphatic carbocycles. The highest BCUT2D eigenvalue weighted by molar-refractivity contribution is 5.90. The SMILES string of the molecule is CCNC(=O)C[C@@H](OC)C([C@@H](C)CC)N(C)C(=O)[C@@H](NC(=O)[C@H](C(C)C)N(C)C)C(C)C. The third-order valence-electron chi connectivity index (χ3n) is 6.15. The fourth-order valence-electron chi connectivity index (χ4n) is 4.29. The predicted molar refractivity (Wildman–Crippen MR) is 129 cm³/mol. The summed E-state index contributed by atoms with van der Waals surface area (Å²) in [5.41, 5.74) is 0. The van der Waals surface area contributed by atoms with E-state index < -0.39 is 12.1 Å². The summed E-state index contributed by atoms with van der Waals surface area (Å²) in [5, 5.41) is 5.80. The number of hydrogen-bond donors (Lipinski definition) is 2. The number of ether oxygens (including phenoxy) is 1. The fourth-order valence-corrected chi connectivity index (χ4v) is 4.29. The molecule has 0 saturated heterocycles. The second-order valence-corrected chi connectivity index (χ2v) is 9.64. The first-order chi connectivity index (χ1) is 14.8. The molecule has 2 N–H and O–H groups in total. The van der Waals surface area contributed by atoms with Gasteiger partial charge in [0.2, 0.25) is 17.7 Å². The van der Waals surface area contributed by atoms with Gasteiger partial charge in [-0.25, -0.2) is 0 Å². The number of nitrogens with zero attached hydrogens (tertiary/aromatic N) is 2.